The highest BCUT2D eigenvalue weighted by molar-refractivity contribution is 5.97. The van der Waals surface area contributed by atoms with Crippen molar-refractivity contribution in [2.45, 2.75) is 13.3 Å². The van der Waals surface area contributed by atoms with Crippen LogP contribution in [0.5, 0.6) is 5.75 Å². The summed E-state index contributed by atoms with van der Waals surface area (Å²) < 4.78 is 5.08. The van der Waals surface area contributed by atoms with Crippen LogP contribution in [-0.2, 0) is 0 Å². The van der Waals surface area contributed by atoms with Gasteiger partial charge in [-0.3, -0.25) is 14.9 Å². The summed E-state index contributed by atoms with van der Waals surface area (Å²) in [6.45, 7) is 2.62. The number of hydrogen-bond donors (Lipinski definition) is 1. The van der Waals surface area contributed by atoms with E-state index in [0.29, 0.717) is 25.3 Å². The number of amides is 1. The molecule has 1 aromatic rings. The van der Waals surface area contributed by atoms with Crippen LogP contribution in [0, 0.1) is 10.1 Å². The van der Waals surface area contributed by atoms with E-state index in [-0.39, 0.29) is 23.8 Å². The van der Waals surface area contributed by atoms with Crippen LogP contribution in [0.4, 0.5) is 5.69 Å². The van der Waals surface area contributed by atoms with Crippen LogP contribution >= 0.6 is 0 Å². The Labute approximate surface area is 116 Å². The van der Waals surface area contributed by atoms with Crippen LogP contribution in [-0.4, -0.2) is 47.6 Å². The van der Waals surface area contributed by atoms with Gasteiger partial charge >= 0.3 is 0 Å². The van der Waals surface area contributed by atoms with E-state index in [0.717, 1.165) is 0 Å². The zero-order valence-electron chi connectivity index (χ0n) is 11.5. The molecule has 0 bridgehead atoms. The number of aliphatic hydroxyl groups is 1. The largest absolute Gasteiger partial charge is 0.496 e. The molecular weight excluding hydrogens is 264 g/mol. The van der Waals surface area contributed by atoms with Crippen molar-refractivity contribution in [2.75, 3.05) is 26.8 Å². The van der Waals surface area contributed by atoms with Crippen molar-refractivity contribution in [1.29, 1.82) is 0 Å². The molecule has 0 spiro atoms. The minimum atomic E-state index is -0.555. The number of aliphatic hydroxyl groups excluding tert-OH is 1. The second-order valence-electron chi connectivity index (χ2n) is 4.10. The van der Waals surface area contributed by atoms with E-state index in [1.807, 2.05) is 0 Å². The van der Waals surface area contributed by atoms with Gasteiger partial charge in [0.1, 0.15) is 5.75 Å². The Morgan fingerprint density at radius 3 is 2.70 bits per heavy atom. The van der Waals surface area contributed by atoms with Crippen molar-refractivity contribution >= 4 is 11.6 Å². The minimum Gasteiger partial charge on any atom is -0.496 e. The van der Waals surface area contributed by atoms with Crippen LogP contribution in [0.25, 0.3) is 0 Å². The summed E-state index contributed by atoms with van der Waals surface area (Å²) in [7, 11) is 1.40. The zero-order valence-corrected chi connectivity index (χ0v) is 11.5. The molecule has 20 heavy (non-hydrogen) atoms. The predicted molar refractivity (Wildman–Crippen MR) is 72.9 cm³/mol. The van der Waals surface area contributed by atoms with Gasteiger partial charge < -0.3 is 14.7 Å². The number of nitro benzene ring substituents is 1. The van der Waals surface area contributed by atoms with E-state index in [4.69, 9.17) is 9.84 Å². The molecule has 7 nitrogen and oxygen atoms in total. The lowest BCUT2D eigenvalue weighted by atomic mass is 10.1. The van der Waals surface area contributed by atoms with Gasteiger partial charge in [-0.25, -0.2) is 0 Å². The first-order chi connectivity index (χ1) is 9.54. The highest BCUT2D eigenvalue weighted by Crippen LogP contribution is 2.25. The lowest BCUT2D eigenvalue weighted by Gasteiger charge is -2.21. The second-order valence-corrected chi connectivity index (χ2v) is 4.10. The molecule has 1 amide bonds. The zero-order chi connectivity index (χ0) is 15.1. The molecule has 0 fully saturated rings. The fourth-order valence-corrected chi connectivity index (χ4v) is 1.81. The average Bonchev–Trinajstić information content (AvgIpc) is 2.46. The van der Waals surface area contributed by atoms with E-state index >= 15 is 0 Å². The summed E-state index contributed by atoms with van der Waals surface area (Å²) in [6, 6.07) is 3.91. The molecule has 0 aliphatic rings. The smallest absolute Gasteiger partial charge is 0.270 e. The van der Waals surface area contributed by atoms with E-state index in [1.165, 1.54) is 30.2 Å². The van der Waals surface area contributed by atoms with Crippen LogP contribution in [0.2, 0.25) is 0 Å². The minimum absolute atomic E-state index is 0.0180. The number of hydrogen-bond acceptors (Lipinski definition) is 5. The van der Waals surface area contributed by atoms with E-state index < -0.39 is 4.92 Å². The van der Waals surface area contributed by atoms with Crippen LogP contribution in [0.15, 0.2) is 18.2 Å². The molecule has 0 radical (unpaired) electrons. The molecule has 0 aliphatic carbocycles. The molecular formula is C13H18N2O5. The quantitative estimate of drug-likeness (QED) is 0.603. The molecule has 110 valence electrons. The Balaban J connectivity index is 3.10. The molecule has 1 aromatic carbocycles. The lowest BCUT2D eigenvalue weighted by molar-refractivity contribution is -0.384. The monoisotopic (exact) mass is 282 g/mol. The molecule has 0 atom stereocenters. The maximum atomic E-state index is 12.4. The van der Waals surface area contributed by atoms with E-state index in [9.17, 15) is 14.9 Å². The van der Waals surface area contributed by atoms with Crippen molar-refractivity contribution in [3.05, 3.63) is 33.9 Å². The van der Waals surface area contributed by atoms with Gasteiger partial charge in [0.15, 0.2) is 0 Å². The van der Waals surface area contributed by atoms with Gasteiger partial charge in [-0.2, -0.15) is 0 Å². The molecule has 0 aliphatic heterocycles. The Kier molecular flexibility index (Phi) is 5.92. The van der Waals surface area contributed by atoms with Crippen molar-refractivity contribution in [2.24, 2.45) is 0 Å². The molecule has 1 N–H and O–H groups in total. The summed E-state index contributed by atoms with van der Waals surface area (Å²) in [5.74, 6) is -0.0513. The van der Waals surface area contributed by atoms with Gasteiger partial charge in [0.05, 0.1) is 17.6 Å². The van der Waals surface area contributed by atoms with Gasteiger partial charge in [0, 0.05) is 31.8 Å². The third-order valence-corrected chi connectivity index (χ3v) is 2.88. The Morgan fingerprint density at radius 2 is 2.20 bits per heavy atom. The highest BCUT2D eigenvalue weighted by atomic mass is 16.6. The second kappa shape index (κ2) is 7.44. The summed E-state index contributed by atoms with van der Waals surface area (Å²) in [6.07, 6.45) is 0.455. The number of carbonyl (C=O) groups is 1. The van der Waals surface area contributed by atoms with Crippen molar-refractivity contribution in [1.82, 2.24) is 4.90 Å². The van der Waals surface area contributed by atoms with Gasteiger partial charge in [-0.15, -0.1) is 0 Å². The predicted octanol–water partition coefficient (Wildman–Crippen LogP) is 1.45. The summed E-state index contributed by atoms with van der Waals surface area (Å²) in [4.78, 5) is 24.1. The molecule has 1 rings (SSSR count). The first-order valence-electron chi connectivity index (χ1n) is 6.27. The van der Waals surface area contributed by atoms with Crippen LogP contribution in [0.3, 0.4) is 0 Å². The number of ether oxygens (including phenoxy) is 1. The third-order valence-electron chi connectivity index (χ3n) is 2.88. The summed E-state index contributed by atoms with van der Waals surface area (Å²) >= 11 is 0. The lowest BCUT2D eigenvalue weighted by Crippen LogP contribution is -2.32. The summed E-state index contributed by atoms with van der Waals surface area (Å²) in [5.41, 5.74) is -0.00569. The maximum absolute atomic E-state index is 12.4. The normalized spacial score (nSPS) is 10.2. The topological polar surface area (TPSA) is 92.9 Å². The Bertz CT molecular complexity index is 490. The van der Waals surface area contributed by atoms with Gasteiger partial charge in [-0.1, -0.05) is 0 Å². The SMILES string of the molecule is CCN(CCCO)C(=O)c1cc([N+](=O)[O-])ccc1OC. The molecule has 7 heteroatoms. The average molecular weight is 282 g/mol. The fourth-order valence-electron chi connectivity index (χ4n) is 1.81. The van der Waals surface area contributed by atoms with Crippen molar-refractivity contribution in [3.63, 3.8) is 0 Å². The molecule has 0 saturated carbocycles. The first-order valence-corrected chi connectivity index (χ1v) is 6.27. The van der Waals surface area contributed by atoms with Crippen molar-refractivity contribution in [3.8, 4) is 5.75 Å². The van der Waals surface area contributed by atoms with E-state index in [1.54, 1.807) is 6.92 Å². The van der Waals surface area contributed by atoms with Gasteiger partial charge in [-0.05, 0) is 19.4 Å². The Morgan fingerprint density at radius 1 is 1.50 bits per heavy atom. The number of non-ortho nitro benzene ring substituents is 1. The number of nitro groups is 1. The standard InChI is InChI=1S/C13H18N2O5/c1-3-14(7-4-8-16)13(17)11-9-10(15(18)19)5-6-12(11)20-2/h5-6,9,16H,3-4,7-8H2,1-2H3. The number of methoxy groups -OCH3 is 1. The maximum Gasteiger partial charge on any atom is 0.270 e. The molecule has 0 heterocycles. The van der Waals surface area contributed by atoms with E-state index in [2.05, 4.69) is 0 Å². The summed E-state index contributed by atoms with van der Waals surface area (Å²) in [5, 5.41) is 19.6. The van der Waals surface area contributed by atoms with Crippen LogP contribution < -0.4 is 4.74 Å². The van der Waals surface area contributed by atoms with Crippen molar-refractivity contribution < 1.29 is 19.6 Å². The molecule has 0 unspecified atom stereocenters. The number of nitrogens with zero attached hydrogens (tertiary/aromatic N) is 2. The number of rotatable bonds is 7. The Hall–Kier alpha value is -2.15. The van der Waals surface area contributed by atoms with Gasteiger partial charge in [0.25, 0.3) is 11.6 Å². The highest BCUT2D eigenvalue weighted by Gasteiger charge is 2.21. The third kappa shape index (κ3) is 3.67. The molecule has 0 aromatic heterocycles. The van der Waals surface area contributed by atoms with Gasteiger partial charge in [0.2, 0.25) is 0 Å². The number of benzene rings is 1. The van der Waals surface area contributed by atoms with Crippen LogP contribution in [0.1, 0.15) is 23.7 Å². The molecule has 0 saturated heterocycles. The number of carbonyl (C=O) groups excluding carboxylic acids is 1. The fraction of sp³-hybridized carbons (Fsp3) is 0.462. The first kappa shape index (κ1) is 15.9.